The Labute approximate surface area is 125 Å². The number of hydrogen-bond acceptors (Lipinski definition) is 4. The number of aliphatic hydroxyl groups excluding tert-OH is 1. The normalized spacial score (nSPS) is 12.4. The summed E-state index contributed by atoms with van der Waals surface area (Å²) in [7, 11) is 0. The molecule has 2 N–H and O–H groups in total. The molecule has 114 valence electrons. The van der Waals surface area contributed by atoms with Crippen LogP contribution in [0, 0.1) is 18.3 Å². The van der Waals surface area contributed by atoms with Crippen molar-refractivity contribution in [3.63, 3.8) is 0 Å². The van der Waals surface area contributed by atoms with Gasteiger partial charge in [-0.1, -0.05) is 12.1 Å². The molecule has 5 heteroatoms. The third-order valence-electron chi connectivity index (χ3n) is 2.83. The lowest BCUT2D eigenvalue weighted by atomic mass is 10.0. The van der Waals surface area contributed by atoms with E-state index in [1.165, 1.54) is 0 Å². The van der Waals surface area contributed by atoms with Crippen molar-refractivity contribution in [2.45, 2.75) is 45.8 Å². The molecular formula is C16H22N2O3. The highest BCUT2D eigenvalue weighted by molar-refractivity contribution is 5.68. The van der Waals surface area contributed by atoms with E-state index in [-0.39, 0.29) is 6.61 Å². The number of carbonyl (C=O) groups is 1. The van der Waals surface area contributed by atoms with Gasteiger partial charge < -0.3 is 15.2 Å². The summed E-state index contributed by atoms with van der Waals surface area (Å²) in [6.45, 7) is 7.02. The first kappa shape index (κ1) is 17.0. The molecule has 0 spiro atoms. The van der Waals surface area contributed by atoms with Crippen molar-refractivity contribution < 1.29 is 14.6 Å². The number of aliphatic hydroxyl groups is 1. The van der Waals surface area contributed by atoms with E-state index in [1.54, 1.807) is 26.8 Å². The van der Waals surface area contributed by atoms with Crippen LogP contribution in [0.1, 0.15) is 37.5 Å². The average Bonchev–Trinajstić information content (AvgIpc) is 2.36. The second kappa shape index (κ2) is 7.09. The first-order valence-electron chi connectivity index (χ1n) is 6.85. The lowest BCUT2D eigenvalue weighted by molar-refractivity contribution is 0.0483. The fourth-order valence-electron chi connectivity index (χ4n) is 1.90. The standard InChI is InChI=1S/C16H22N2O3/c1-11-7-12(5-6-13(11)9-17)8-14(10-19)18-15(20)21-16(2,3)4/h5-7,14,19H,8,10H2,1-4H3,(H,18,20)/t14-/m1/s1. The second-order valence-corrected chi connectivity index (χ2v) is 5.99. The number of aryl methyl sites for hydroxylation is 1. The molecule has 21 heavy (non-hydrogen) atoms. The summed E-state index contributed by atoms with van der Waals surface area (Å²) in [5, 5.41) is 20.9. The molecule has 1 aromatic carbocycles. The van der Waals surface area contributed by atoms with E-state index in [0.29, 0.717) is 12.0 Å². The lowest BCUT2D eigenvalue weighted by Crippen LogP contribution is -2.42. The van der Waals surface area contributed by atoms with E-state index in [1.807, 2.05) is 19.1 Å². The van der Waals surface area contributed by atoms with Crippen LogP contribution in [0.2, 0.25) is 0 Å². The molecule has 0 fully saturated rings. The zero-order valence-electron chi connectivity index (χ0n) is 12.9. The summed E-state index contributed by atoms with van der Waals surface area (Å²) in [5.41, 5.74) is 1.87. The number of amides is 1. The third-order valence-corrected chi connectivity index (χ3v) is 2.83. The summed E-state index contributed by atoms with van der Waals surface area (Å²) < 4.78 is 5.16. The smallest absolute Gasteiger partial charge is 0.407 e. The zero-order valence-corrected chi connectivity index (χ0v) is 12.9. The van der Waals surface area contributed by atoms with E-state index in [0.717, 1.165) is 11.1 Å². The Bertz CT molecular complexity index is 541. The fraction of sp³-hybridized carbons (Fsp3) is 0.500. The topological polar surface area (TPSA) is 82.3 Å². The molecule has 1 atom stereocenters. The highest BCUT2D eigenvalue weighted by atomic mass is 16.6. The van der Waals surface area contributed by atoms with Gasteiger partial charge in [-0.15, -0.1) is 0 Å². The van der Waals surface area contributed by atoms with Crippen LogP contribution in [-0.4, -0.2) is 29.4 Å². The Balaban J connectivity index is 2.68. The number of nitrogens with one attached hydrogen (secondary N) is 1. The average molecular weight is 290 g/mol. The first-order valence-corrected chi connectivity index (χ1v) is 6.85. The van der Waals surface area contributed by atoms with Crippen molar-refractivity contribution in [1.29, 1.82) is 5.26 Å². The van der Waals surface area contributed by atoms with Crippen LogP contribution in [-0.2, 0) is 11.2 Å². The number of rotatable bonds is 4. The van der Waals surface area contributed by atoms with Gasteiger partial charge in [0.1, 0.15) is 5.60 Å². The monoisotopic (exact) mass is 290 g/mol. The number of alkyl carbamates (subject to hydrolysis) is 1. The van der Waals surface area contributed by atoms with E-state index in [2.05, 4.69) is 11.4 Å². The molecule has 1 rings (SSSR count). The van der Waals surface area contributed by atoms with E-state index < -0.39 is 17.7 Å². The van der Waals surface area contributed by atoms with Crippen molar-refractivity contribution in [3.8, 4) is 6.07 Å². The van der Waals surface area contributed by atoms with Gasteiger partial charge in [0.25, 0.3) is 0 Å². The van der Waals surface area contributed by atoms with Crippen LogP contribution in [0.4, 0.5) is 4.79 Å². The van der Waals surface area contributed by atoms with E-state index in [9.17, 15) is 9.90 Å². The Morgan fingerprint density at radius 1 is 1.48 bits per heavy atom. The maximum absolute atomic E-state index is 11.7. The van der Waals surface area contributed by atoms with Crippen LogP contribution in [0.25, 0.3) is 0 Å². The highest BCUT2D eigenvalue weighted by Gasteiger charge is 2.19. The van der Waals surface area contributed by atoms with Crippen LogP contribution < -0.4 is 5.32 Å². The number of nitrogens with zero attached hydrogens (tertiary/aromatic N) is 1. The quantitative estimate of drug-likeness (QED) is 0.891. The van der Waals surface area contributed by atoms with Gasteiger partial charge in [0.2, 0.25) is 0 Å². The van der Waals surface area contributed by atoms with Gasteiger partial charge in [0.05, 0.1) is 24.3 Å². The SMILES string of the molecule is Cc1cc(C[C@H](CO)NC(=O)OC(C)(C)C)ccc1C#N. The second-order valence-electron chi connectivity index (χ2n) is 5.99. The Morgan fingerprint density at radius 2 is 2.14 bits per heavy atom. The van der Waals surface area contributed by atoms with Gasteiger partial charge in [-0.2, -0.15) is 5.26 Å². The van der Waals surface area contributed by atoms with Crippen LogP contribution in [0.15, 0.2) is 18.2 Å². The van der Waals surface area contributed by atoms with Crippen molar-refractivity contribution in [2.75, 3.05) is 6.61 Å². The minimum absolute atomic E-state index is 0.182. The summed E-state index contributed by atoms with van der Waals surface area (Å²) in [4.78, 5) is 11.7. The summed E-state index contributed by atoms with van der Waals surface area (Å²) in [6, 6.07) is 7.14. The molecule has 0 heterocycles. The largest absolute Gasteiger partial charge is 0.444 e. The van der Waals surface area contributed by atoms with E-state index >= 15 is 0 Å². The van der Waals surface area contributed by atoms with Crippen LogP contribution in [0.3, 0.4) is 0 Å². The van der Waals surface area contributed by atoms with Crippen molar-refractivity contribution in [3.05, 3.63) is 34.9 Å². The van der Waals surface area contributed by atoms with Gasteiger partial charge in [0.15, 0.2) is 0 Å². The fourth-order valence-corrected chi connectivity index (χ4v) is 1.90. The predicted octanol–water partition coefficient (Wildman–Crippen LogP) is 2.29. The maximum Gasteiger partial charge on any atom is 0.407 e. The molecule has 0 saturated heterocycles. The molecule has 1 aromatic rings. The molecule has 0 saturated carbocycles. The molecule has 1 amide bonds. The van der Waals surface area contributed by atoms with Crippen molar-refractivity contribution in [1.82, 2.24) is 5.32 Å². The lowest BCUT2D eigenvalue weighted by Gasteiger charge is -2.23. The Hall–Kier alpha value is -2.06. The maximum atomic E-state index is 11.7. The number of hydrogen-bond donors (Lipinski definition) is 2. The van der Waals surface area contributed by atoms with Crippen molar-refractivity contribution in [2.24, 2.45) is 0 Å². The van der Waals surface area contributed by atoms with Crippen LogP contribution in [0.5, 0.6) is 0 Å². The highest BCUT2D eigenvalue weighted by Crippen LogP contribution is 2.12. The minimum atomic E-state index is -0.574. The van der Waals surface area contributed by atoms with Gasteiger partial charge in [0, 0.05) is 0 Å². The first-order chi connectivity index (χ1) is 9.75. The Morgan fingerprint density at radius 3 is 2.62 bits per heavy atom. The van der Waals surface area contributed by atoms with Gasteiger partial charge >= 0.3 is 6.09 Å². The third kappa shape index (κ3) is 5.84. The van der Waals surface area contributed by atoms with Crippen LogP contribution >= 0.6 is 0 Å². The Kier molecular flexibility index (Phi) is 5.74. The summed E-state index contributed by atoms with van der Waals surface area (Å²) >= 11 is 0. The molecule has 0 aliphatic carbocycles. The van der Waals surface area contributed by atoms with Gasteiger partial charge in [-0.05, 0) is 51.3 Å². The molecule has 5 nitrogen and oxygen atoms in total. The molecule has 0 unspecified atom stereocenters. The zero-order chi connectivity index (χ0) is 16.0. The van der Waals surface area contributed by atoms with E-state index in [4.69, 9.17) is 10.00 Å². The molecule has 0 aliphatic heterocycles. The molecular weight excluding hydrogens is 268 g/mol. The number of ether oxygens (including phenoxy) is 1. The van der Waals surface area contributed by atoms with Gasteiger partial charge in [-0.25, -0.2) is 4.79 Å². The van der Waals surface area contributed by atoms with Crippen molar-refractivity contribution >= 4 is 6.09 Å². The number of nitriles is 1. The minimum Gasteiger partial charge on any atom is -0.444 e. The molecule has 0 aromatic heterocycles. The molecule has 0 aliphatic rings. The number of benzene rings is 1. The summed E-state index contributed by atoms with van der Waals surface area (Å²) in [6.07, 6.45) is -0.0747. The molecule has 0 bridgehead atoms. The van der Waals surface area contributed by atoms with Gasteiger partial charge in [-0.3, -0.25) is 0 Å². The number of carbonyl (C=O) groups excluding carboxylic acids is 1. The summed E-state index contributed by atoms with van der Waals surface area (Å²) in [5.74, 6) is 0. The predicted molar refractivity (Wildman–Crippen MR) is 79.8 cm³/mol. The molecule has 0 radical (unpaired) electrons.